The van der Waals surface area contributed by atoms with Crippen LogP contribution in [0.4, 0.5) is 5.69 Å². The van der Waals surface area contributed by atoms with Crippen molar-refractivity contribution in [2.75, 3.05) is 31.1 Å². The number of unbranched alkanes of at least 4 members (excludes halogenated alkanes) is 3. The molecule has 220 valence electrons. The molecule has 0 radical (unpaired) electrons. The van der Waals surface area contributed by atoms with Crippen molar-refractivity contribution in [3.05, 3.63) is 90.5 Å². The first-order valence-electron chi connectivity index (χ1n) is 15.1. The van der Waals surface area contributed by atoms with Gasteiger partial charge in [-0.25, -0.2) is 0 Å². The van der Waals surface area contributed by atoms with Crippen LogP contribution in [0, 0.1) is 11.8 Å². The summed E-state index contributed by atoms with van der Waals surface area (Å²) in [5.41, 5.74) is -0.538. The molecule has 1 N–H and O–H groups in total. The molecular formula is C34H39N3O5. The second kappa shape index (κ2) is 11.5. The van der Waals surface area contributed by atoms with Crippen LogP contribution >= 0.6 is 0 Å². The molecule has 2 aromatic rings. The molecule has 5 atom stereocenters. The van der Waals surface area contributed by atoms with E-state index in [-0.39, 0.29) is 24.3 Å². The molecule has 42 heavy (non-hydrogen) atoms. The number of likely N-dealkylation sites (tertiary alicyclic amines) is 1. The van der Waals surface area contributed by atoms with Crippen molar-refractivity contribution < 1.29 is 24.2 Å². The van der Waals surface area contributed by atoms with Gasteiger partial charge in [0.25, 0.3) is 0 Å². The zero-order valence-electron chi connectivity index (χ0n) is 24.1. The van der Waals surface area contributed by atoms with E-state index in [0.717, 1.165) is 24.1 Å². The van der Waals surface area contributed by atoms with Crippen LogP contribution in [0.3, 0.4) is 0 Å². The number of benzene rings is 2. The quantitative estimate of drug-likeness (QED) is 0.367. The Hall–Kier alpha value is -3.75. The highest BCUT2D eigenvalue weighted by molar-refractivity contribution is 6.04. The molecule has 1 unspecified atom stereocenters. The average Bonchev–Trinajstić information content (AvgIpc) is 3.26. The zero-order valence-corrected chi connectivity index (χ0v) is 24.1. The maximum atomic E-state index is 14.5. The lowest BCUT2D eigenvalue weighted by molar-refractivity contribution is -0.151. The molecule has 8 nitrogen and oxygen atoms in total. The standard InChI is InChI=1S/C34H39N3O5/c1-33-18-12-22-36(26-16-8-5-9-17-26)30(39)27(33)28-31(40)37(21-10-2-3-11-23-38)29-32(41)35(20-13-19-34(28,29)42-33)24-25-14-6-4-7-15-25/h4-9,12-19,27-29,38H,2-3,10-11,20-24H2,1H3/t27-,28+,29?,33+,34+/m1/s1. The Bertz CT molecular complexity index is 1380. The molecule has 2 saturated heterocycles. The van der Waals surface area contributed by atoms with Gasteiger partial charge >= 0.3 is 0 Å². The molecule has 8 heteroatoms. The molecule has 0 aliphatic carbocycles. The van der Waals surface area contributed by atoms with Crippen molar-refractivity contribution in [1.82, 2.24) is 9.80 Å². The summed E-state index contributed by atoms with van der Waals surface area (Å²) in [5.74, 6) is -2.15. The van der Waals surface area contributed by atoms with Crippen molar-refractivity contribution in [2.24, 2.45) is 11.8 Å². The highest BCUT2D eigenvalue weighted by Crippen LogP contribution is 2.57. The third kappa shape index (κ3) is 4.76. The number of hydrogen-bond donors (Lipinski definition) is 1. The lowest BCUT2D eigenvalue weighted by Crippen LogP contribution is -2.55. The largest absolute Gasteiger partial charge is 0.396 e. The van der Waals surface area contributed by atoms with Crippen molar-refractivity contribution >= 4 is 23.4 Å². The molecule has 3 amide bonds. The van der Waals surface area contributed by atoms with Gasteiger partial charge in [0.2, 0.25) is 17.7 Å². The summed E-state index contributed by atoms with van der Waals surface area (Å²) in [5, 5.41) is 9.20. The van der Waals surface area contributed by atoms with E-state index in [1.54, 1.807) is 14.7 Å². The van der Waals surface area contributed by atoms with Crippen LogP contribution in [0.1, 0.15) is 38.2 Å². The number of fused-ring (bicyclic) bond motifs is 2. The number of amides is 3. The summed E-state index contributed by atoms with van der Waals surface area (Å²) < 4.78 is 6.93. The van der Waals surface area contributed by atoms with E-state index >= 15 is 0 Å². The van der Waals surface area contributed by atoms with Crippen molar-refractivity contribution in [1.29, 1.82) is 0 Å². The van der Waals surface area contributed by atoms with E-state index in [2.05, 4.69) is 0 Å². The van der Waals surface area contributed by atoms with E-state index in [9.17, 15) is 19.5 Å². The van der Waals surface area contributed by atoms with Gasteiger partial charge in [-0.05, 0) is 37.5 Å². The van der Waals surface area contributed by atoms with Crippen LogP contribution < -0.4 is 4.90 Å². The highest BCUT2D eigenvalue weighted by Gasteiger charge is 2.74. The van der Waals surface area contributed by atoms with Crippen LogP contribution in [-0.2, 0) is 25.7 Å². The molecule has 4 aliphatic rings. The van der Waals surface area contributed by atoms with Crippen LogP contribution in [-0.4, -0.2) is 76.1 Å². The Kier molecular flexibility index (Phi) is 7.77. The highest BCUT2D eigenvalue weighted by atomic mass is 16.5. The van der Waals surface area contributed by atoms with Gasteiger partial charge in [-0.2, -0.15) is 0 Å². The average molecular weight is 570 g/mol. The number of aliphatic hydroxyl groups is 1. The fraction of sp³-hybridized carbons (Fsp3) is 0.441. The van der Waals surface area contributed by atoms with Gasteiger partial charge < -0.3 is 24.5 Å². The normalized spacial score (nSPS) is 30.3. The van der Waals surface area contributed by atoms with E-state index in [0.29, 0.717) is 39.0 Å². The van der Waals surface area contributed by atoms with Gasteiger partial charge in [0.1, 0.15) is 11.6 Å². The molecule has 0 aromatic heterocycles. The first-order chi connectivity index (χ1) is 20.4. The van der Waals surface area contributed by atoms with E-state index in [4.69, 9.17) is 4.74 Å². The molecule has 0 saturated carbocycles. The lowest BCUT2D eigenvalue weighted by atomic mass is 9.74. The number of carbonyl (C=O) groups excluding carboxylic acids is 3. The Morgan fingerprint density at radius 2 is 1.50 bits per heavy atom. The molecular weight excluding hydrogens is 530 g/mol. The molecule has 4 heterocycles. The van der Waals surface area contributed by atoms with Crippen LogP contribution in [0.15, 0.2) is 85.0 Å². The molecule has 1 spiro atoms. The predicted octanol–water partition coefficient (Wildman–Crippen LogP) is 3.71. The Morgan fingerprint density at radius 3 is 2.24 bits per heavy atom. The third-order valence-corrected chi connectivity index (χ3v) is 9.23. The molecule has 4 aliphatic heterocycles. The second-order valence-electron chi connectivity index (χ2n) is 12.0. The van der Waals surface area contributed by atoms with E-state index in [1.165, 1.54) is 0 Å². The topological polar surface area (TPSA) is 90.4 Å². The van der Waals surface area contributed by atoms with Gasteiger partial charge in [0, 0.05) is 38.5 Å². The molecule has 6 rings (SSSR count). The molecule has 2 aromatic carbocycles. The summed E-state index contributed by atoms with van der Waals surface area (Å²) >= 11 is 0. The number of anilines is 1. The van der Waals surface area contributed by atoms with Gasteiger partial charge in [-0.15, -0.1) is 0 Å². The van der Waals surface area contributed by atoms with Crippen LogP contribution in [0.2, 0.25) is 0 Å². The zero-order chi connectivity index (χ0) is 29.3. The van der Waals surface area contributed by atoms with Crippen molar-refractivity contribution in [3.63, 3.8) is 0 Å². The third-order valence-electron chi connectivity index (χ3n) is 9.23. The van der Waals surface area contributed by atoms with Crippen molar-refractivity contribution in [3.8, 4) is 0 Å². The number of ether oxygens (including phenoxy) is 1. The first-order valence-corrected chi connectivity index (χ1v) is 15.1. The number of nitrogens with zero attached hydrogens (tertiary/aromatic N) is 3. The molecule has 0 bridgehead atoms. The number of aliphatic hydroxyl groups excluding tert-OH is 1. The second-order valence-corrected chi connectivity index (χ2v) is 12.0. The minimum Gasteiger partial charge on any atom is -0.396 e. The fourth-order valence-electron chi connectivity index (χ4n) is 7.34. The maximum Gasteiger partial charge on any atom is 0.249 e. The summed E-state index contributed by atoms with van der Waals surface area (Å²) in [6.45, 7) is 3.59. The Labute approximate surface area is 247 Å². The van der Waals surface area contributed by atoms with E-state index in [1.807, 2.05) is 91.9 Å². The lowest BCUT2D eigenvalue weighted by Gasteiger charge is -2.37. The Morgan fingerprint density at radius 1 is 0.810 bits per heavy atom. The van der Waals surface area contributed by atoms with Gasteiger partial charge in [-0.1, -0.05) is 85.7 Å². The number of para-hydroxylation sites is 1. The van der Waals surface area contributed by atoms with E-state index < -0.39 is 29.1 Å². The number of rotatable bonds is 9. The van der Waals surface area contributed by atoms with Crippen LogP contribution in [0.25, 0.3) is 0 Å². The van der Waals surface area contributed by atoms with Crippen molar-refractivity contribution in [2.45, 2.75) is 56.4 Å². The fourth-order valence-corrected chi connectivity index (χ4v) is 7.34. The van der Waals surface area contributed by atoms with Gasteiger partial charge in [0.15, 0.2) is 0 Å². The monoisotopic (exact) mass is 569 g/mol. The maximum absolute atomic E-state index is 14.5. The smallest absolute Gasteiger partial charge is 0.249 e. The predicted molar refractivity (Wildman–Crippen MR) is 159 cm³/mol. The SMILES string of the molecule is C[C@]12C=CCN(c3ccccc3)C(=O)[C@H]1[C@H]1C(=O)N(CCCCCCO)C3C(=O)N(Cc4ccccc4)CC=C[C@@]31O2. The van der Waals surface area contributed by atoms with Gasteiger partial charge in [-0.3, -0.25) is 14.4 Å². The summed E-state index contributed by atoms with van der Waals surface area (Å²) in [7, 11) is 0. The first kappa shape index (κ1) is 28.4. The summed E-state index contributed by atoms with van der Waals surface area (Å²) in [6.07, 6.45) is 10.8. The number of hydrogen-bond acceptors (Lipinski definition) is 5. The summed E-state index contributed by atoms with van der Waals surface area (Å²) in [4.78, 5) is 48.6. The Balaban J connectivity index is 1.39. The summed E-state index contributed by atoms with van der Waals surface area (Å²) in [6, 6.07) is 18.5. The minimum atomic E-state index is -1.26. The minimum absolute atomic E-state index is 0.135. The van der Waals surface area contributed by atoms with Gasteiger partial charge in [0.05, 0.1) is 17.4 Å². The number of carbonyl (C=O) groups is 3. The molecule has 2 fully saturated rings. The van der Waals surface area contributed by atoms with Crippen LogP contribution in [0.5, 0.6) is 0 Å².